The van der Waals surface area contributed by atoms with Crippen LogP contribution in [0.1, 0.15) is 89.4 Å². The fourth-order valence-electron chi connectivity index (χ4n) is 5.89. The van der Waals surface area contributed by atoms with E-state index < -0.39 is 65.1 Å². The minimum atomic E-state index is -1.37. The molecule has 240 valence electrons. The molecule has 0 spiro atoms. The van der Waals surface area contributed by atoms with E-state index in [0.717, 1.165) is 0 Å². The molecule has 3 fully saturated rings. The second-order valence-corrected chi connectivity index (χ2v) is 12.8. The summed E-state index contributed by atoms with van der Waals surface area (Å²) in [5, 5.41) is 5.48. The van der Waals surface area contributed by atoms with Gasteiger partial charge in [-0.2, -0.15) is 0 Å². The zero-order valence-corrected chi connectivity index (χ0v) is 25.9. The lowest BCUT2D eigenvalue weighted by atomic mass is 10.0. The molecule has 2 N–H and O–H groups in total. The molecule has 5 atom stereocenters. The normalized spacial score (nSPS) is 27.9. The second kappa shape index (κ2) is 13.8. The summed E-state index contributed by atoms with van der Waals surface area (Å²) >= 11 is 0. The van der Waals surface area contributed by atoms with Gasteiger partial charge in [0.2, 0.25) is 11.8 Å². The number of esters is 2. The molecule has 44 heavy (non-hydrogen) atoms. The molecule has 5 unspecified atom stereocenters. The van der Waals surface area contributed by atoms with Crippen LogP contribution in [-0.4, -0.2) is 83.0 Å². The topological polar surface area (TPSA) is 157 Å². The van der Waals surface area contributed by atoms with Gasteiger partial charge in [0.05, 0.1) is 18.7 Å². The Balaban J connectivity index is 1.63. The van der Waals surface area contributed by atoms with Gasteiger partial charge in [0.15, 0.2) is 0 Å². The molecule has 3 amide bonds. The maximum atomic E-state index is 14.1. The first-order valence-electron chi connectivity index (χ1n) is 15.4. The molecule has 4 rings (SSSR count). The van der Waals surface area contributed by atoms with Crippen molar-refractivity contribution < 1.29 is 43.0 Å². The Kier molecular flexibility index (Phi) is 10.3. The van der Waals surface area contributed by atoms with Gasteiger partial charge in [0.1, 0.15) is 35.1 Å². The van der Waals surface area contributed by atoms with Crippen LogP contribution in [0.2, 0.25) is 0 Å². The van der Waals surface area contributed by atoms with Gasteiger partial charge >= 0.3 is 18.0 Å². The van der Waals surface area contributed by atoms with E-state index in [0.29, 0.717) is 31.2 Å². The minimum Gasteiger partial charge on any atom is -0.464 e. The predicted molar refractivity (Wildman–Crippen MR) is 157 cm³/mol. The average Bonchev–Trinajstić information content (AvgIpc) is 3.46. The standard InChI is InChI=1S/C32H43N3O9/c1-5-42-29(40)32-18-21(32)16-22(36)14-10-7-11-15-24(33-30(41)44-31(2,3)4)27(38)35-19-23(17-25(35)26(37)34-32)43-28(39)20-12-8-6-9-13-20/h6,8-9,12-13,21,23-25H,5,7,10-11,14-19H2,1-4H3,(H,33,41)(H,34,37). The number of amides is 3. The highest BCUT2D eigenvalue weighted by Crippen LogP contribution is 2.47. The number of benzene rings is 1. The van der Waals surface area contributed by atoms with E-state index in [4.69, 9.17) is 14.2 Å². The van der Waals surface area contributed by atoms with Crippen LogP contribution in [-0.2, 0) is 33.4 Å². The van der Waals surface area contributed by atoms with Crippen LogP contribution >= 0.6 is 0 Å². The smallest absolute Gasteiger partial charge is 0.408 e. The number of nitrogens with zero attached hydrogens (tertiary/aromatic N) is 1. The number of hydrogen-bond donors (Lipinski definition) is 2. The Morgan fingerprint density at radius 1 is 1.07 bits per heavy atom. The summed E-state index contributed by atoms with van der Waals surface area (Å²) in [7, 11) is 0. The largest absolute Gasteiger partial charge is 0.464 e. The van der Waals surface area contributed by atoms with Gasteiger partial charge in [-0.25, -0.2) is 14.4 Å². The van der Waals surface area contributed by atoms with Gasteiger partial charge in [-0.3, -0.25) is 14.4 Å². The SMILES string of the molecule is CCOC(=O)C12CC1CC(=O)CCCCCC(NC(=O)OC(C)(C)C)C(=O)N1CC(OC(=O)c3ccccc3)CC1C(=O)N2. The number of ketones is 1. The molecular formula is C32H43N3O9. The third-order valence-corrected chi connectivity index (χ3v) is 8.13. The van der Waals surface area contributed by atoms with Gasteiger partial charge in [-0.05, 0) is 59.1 Å². The third-order valence-electron chi connectivity index (χ3n) is 8.13. The molecule has 2 heterocycles. The summed E-state index contributed by atoms with van der Waals surface area (Å²) in [4.78, 5) is 80.7. The van der Waals surface area contributed by atoms with Crippen LogP contribution in [0.4, 0.5) is 4.79 Å². The van der Waals surface area contributed by atoms with Crippen LogP contribution in [0, 0.1) is 5.92 Å². The Morgan fingerprint density at radius 3 is 2.48 bits per heavy atom. The Labute approximate surface area is 257 Å². The molecule has 2 aliphatic heterocycles. The molecular weight excluding hydrogens is 570 g/mol. The average molecular weight is 614 g/mol. The molecule has 0 aromatic heterocycles. The highest BCUT2D eigenvalue weighted by Gasteiger charge is 2.63. The van der Waals surface area contributed by atoms with Crippen molar-refractivity contribution >= 4 is 35.6 Å². The van der Waals surface area contributed by atoms with Gasteiger partial charge < -0.3 is 29.7 Å². The molecule has 2 saturated heterocycles. The first kappa shape index (κ1) is 32.9. The number of carbonyl (C=O) groups is 6. The van der Waals surface area contributed by atoms with E-state index in [2.05, 4.69) is 10.6 Å². The lowest BCUT2D eigenvalue weighted by Gasteiger charge is -2.30. The van der Waals surface area contributed by atoms with Crippen LogP contribution < -0.4 is 10.6 Å². The maximum absolute atomic E-state index is 14.1. The lowest BCUT2D eigenvalue weighted by Crippen LogP contribution is -2.56. The van der Waals surface area contributed by atoms with Crippen LogP contribution in [0.25, 0.3) is 0 Å². The van der Waals surface area contributed by atoms with E-state index >= 15 is 0 Å². The fraction of sp³-hybridized carbons (Fsp3) is 0.625. The van der Waals surface area contributed by atoms with Gasteiger partial charge in [0, 0.05) is 25.2 Å². The van der Waals surface area contributed by atoms with Crippen molar-refractivity contribution in [3.8, 4) is 0 Å². The van der Waals surface area contributed by atoms with Crippen LogP contribution in [0.3, 0.4) is 0 Å². The number of nitrogens with one attached hydrogen (secondary N) is 2. The predicted octanol–water partition coefficient (Wildman–Crippen LogP) is 3.07. The van der Waals surface area contributed by atoms with Crippen molar-refractivity contribution in [3.05, 3.63) is 35.9 Å². The third kappa shape index (κ3) is 8.15. The minimum absolute atomic E-state index is 0.0137. The summed E-state index contributed by atoms with van der Waals surface area (Å²) in [5.41, 5.74) is -1.85. The Hall–Kier alpha value is -3.96. The molecule has 1 aromatic rings. The summed E-state index contributed by atoms with van der Waals surface area (Å²) in [6, 6.07) is 6.24. The molecule has 1 saturated carbocycles. The van der Waals surface area contributed by atoms with Crippen molar-refractivity contribution in [1.82, 2.24) is 15.5 Å². The monoisotopic (exact) mass is 613 g/mol. The van der Waals surface area contributed by atoms with Crippen molar-refractivity contribution in [3.63, 3.8) is 0 Å². The van der Waals surface area contributed by atoms with E-state index in [1.165, 1.54) is 4.90 Å². The zero-order chi connectivity index (χ0) is 32.1. The van der Waals surface area contributed by atoms with Crippen LogP contribution in [0.5, 0.6) is 0 Å². The second-order valence-electron chi connectivity index (χ2n) is 12.8. The first-order valence-corrected chi connectivity index (χ1v) is 15.4. The highest BCUT2D eigenvalue weighted by molar-refractivity contribution is 5.97. The summed E-state index contributed by atoms with van der Waals surface area (Å²) in [5.74, 6) is -2.80. The van der Waals surface area contributed by atoms with Crippen LogP contribution in [0.15, 0.2) is 30.3 Å². The number of carbonyl (C=O) groups excluding carboxylic acids is 6. The summed E-state index contributed by atoms with van der Waals surface area (Å²) < 4.78 is 16.4. The number of Topliss-reactive ketones (excluding diaryl/α,β-unsaturated/α-hetero) is 1. The molecule has 3 aliphatic rings. The molecule has 0 bridgehead atoms. The molecule has 0 radical (unpaired) electrons. The van der Waals surface area contributed by atoms with E-state index in [1.807, 2.05) is 0 Å². The molecule has 1 aliphatic carbocycles. The Bertz CT molecular complexity index is 1260. The van der Waals surface area contributed by atoms with E-state index in [9.17, 15) is 28.8 Å². The number of ether oxygens (including phenoxy) is 3. The maximum Gasteiger partial charge on any atom is 0.408 e. The Morgan fingerprint density at radius 2 is 1.80 bits per heavy atom. The van der Waals surface area contributed by atoms with Crippen molar-refractivity contribution in [1.29, 1.82) is 0 Å². The van der Waals surface area contributed by atoms with Gasteiger partial charge in [-0.15, -0.1) is 0 Å². The number of rotatable bonds is 5. The van der Waals surface area contributed by atoms with E-state index in [-0.39, 0.29) is 44.6 Å². The van der Waals surface area contributed by atoms with Gasteiger partial charge in [-0.1, -0.05) is 31.0 Å². The van der Waals surface area contributed by atoms with E-state index in [1.54, 1.807) is 58.0 Å². The number of fused-ring (bicyclic) bond motifs is 2. The number of alkyl carbamates (subject to hydrolysis) is 1. The molecule has 12 heteroatoms. The quantitative estimate of drug-likeness (QED) is 0.376. The van der Waals surface area contributed by atoms with Crippen molar-refractivity contribution in [2.24, 2.45) is 5.92 Å². The van der Waals surface area contributed by atoms with Gasteiger partial charge in [0.25, 0.3) is 0 Å². The fourth-order valence-corrected chi connectivity index (χ4v) is 5.89. The first-order chi connectivity index (χ1) is 20.8. The number of hydrogen-bond acceptors (Lipinski definition) is 9. The zero-order valence-electron chi connectivity index (χ0n) is 25.9. The van der Waals surface area contributed by atoms with Crippen molar-refractivity contribution in [2.45, 2.75) is 108 Å². The van der Waals surface area contributed by atoms with Crippen molar-refractivity contribution in [2.75, 3.05) is 13.2 Å². The lowest BCUT2D eigenvalue weighted by molar-refractivity contribution is -0.150. The summed E-state index contributed by atoms with van der Waals surface area (Å²) in [6.45, 7) is 6.79. The molecule has 12 nitrogen and oxygen atoms in total. The summed E-state index contributed by atoms with van der Waals surface area (Å²) in [6.07, 6.45) is 1.08. The highest BCUT2D eigenvalue weighted by atomic mass is 16.6. The molecule has 1 aromatic carbocycles.